The van der Waals surface area contributed by atoms with Gasteiger partial charge in [-0.15, -0.1) is 0 Å². The van der Waals surface area contributed by atoms with Gasteiger partial charge >= 0.3 is 5.97 Å². The van der Waals surface area contributed by atoms with Crippen LogP contribution in [0, 0.1) is 11.8 Å². The molecule has 2 rings (SSSR count). The van der Waals surface area contributed by atoms with E-state index in [0.29, 0.717) is 6.54 Å². The van der Waals surface area contributed by atoms with Gasteiger partial charge < -0.3 is 15.8 Å². The second-order valence-electron chi connectivity index (χ2n) is 6.75. The van der Waals surface area contributed by atoms with Crippen LogP contribution < -0.4 is 11.1 Å². The molecule has 1 fully saturated rings. The Morgan fingerprint density at radius 2 is 1.96 bits per heavy atom. The number of esters is 1. The van der Waals surface area contributed by atoms with Crippen molar-refractivity contribution in [2.45, 2.75) is 51.7 Å². The van der Waals surface area contributed by atoms with Gasteiger partial charge in [0.2, 0.25) is 5.91 Å². The van der Waals surface area contributed by atoms with E-state index in [1.165, 1.54) is 0 Å². The fraction of sp³-hybridized carbons (Fsp3) is 0.579. The van der Waals surface area contributed by atoms with E-state index in [1.807, 2.05) is 44.2 Å². The average molecular weight is 332 g/mol. The maximum atomic E-state index is 12.7. The molecule has 1 amide bonds. The molecule has 0 heterocycles. The van der Waals surface area contributed by atoms with Crippen molar-refractivity contribution in [3.05, 3.63) is 35.9 Å². The largest absolute Gasteiger partial charge is 0.463 e. The van der Waals surface area contributed by atoms with Crippen molar-refractivity contribution in [1.29, 1.82) is 0 Å². The van der Waals surface area contributed by atoms with E-state index in [4.69, 9.17) is 10.5 Å². The van der Waals surface area contributed by atoms with Crippen LogP contribution in [-0.4, -0.2) is 24.5 Å². The van der Waals surface area contributed by atoms with Crippen LogP contribution in [0.4, 0.5) is 0 Å². The molecule has 3 N–H and O–H groups in total. The zero-order valence-corrected chi connectivity index (χ0v) is 14.5. The Balaban J connectivity index is 2.08. The number of ether oxygens (including phenoxy) is 1. The highest BCUT2D eigenvalue weighted by atomic mass is 16.5. The Bertz CT molecular complexity index is 545. The van der Waals surface area contributed by atoms with Crippen LogP contribution in [0.25, 0.3) is 0 Å². The summed E-state index contributed by atoms with van der Waals surface area (Å²) in [6.45, 7) is 4.17. The highest BCUT2D eigenvalue weighted by Gasteiger charge is 2.33. The predicted molar refractivity (Wildman–Crippen MR) is 93.1 cm³/mol. The summed E-state index contributed by atoms with van der Waals surface area (Å²) in [5.41, 5.74) is 6.70. The van der Waals surface area contributed by atoms with Crippen molar-refractivity contribution in [1.82, 2.24) is 5.32 Å². The van der Waals surface area contributed by atoms with Gasteiger partial charge in [0.05, 0.1) is 18.6 Å². The molecule has 0 radical (unpaired) electrons. The highest BCUT2D eigenvalue weighted by Crippen LogP contribution is 2.32. The van der Waals surface area contributed by atoms with Gasteiger partial charge in [0, 0.05) is 5.92 Å². The summed E-state index contributed by atoms with van der Waals surface area (Å²) in [5.74, 6) is -0.124. The Kier molecular flexibility index (Phi) is 6.79. The van der Waals surface area contributed by atoms with Crippen molar-refractivity contribution in [3.8, 4) is 0 Å². The summed E-state index contributed by atoms with van der Waals surface area (Å²) in [7, 11) is 0. The van der Waals surface area contributed by atoms with Gasteiger partial charge in [0.15, 0.2) is 0 Å². The van der Waals surface area contributed by atoms with Crippen LogP contribution in [-0.2, 0) is 14.3 Å². The van der Waals surface area contributed by atoms with Crippen molar-refractivity contribution in [2.75, 3.05) is 6.54 Å². The van der Waals surface area contributed by atoms with E-state index < -0.39 is 0 Å². The second kappa shape index (κ2) is 8.83. The van der Waals surface area contributed by atoms with E-state index >= 15 is 0 Å². The molecule has 1 aliphatic rings. The molecule has 0 spiro atoms. The summed E-state index contributed by atoms with van der Waals surface area (Å²) in [6.07, 6.45) is 2.87. The molecular formula is C19H28N2O3. The molecule has 1 aliphatic carbocycles. The molecule has 1 aromatic rings. The molecule has 1 unspecified atom stereocenters. The van der Waals surface area contributed by atoms with Gasteiger partial charge in [0.25, 0.3) is 0 Å². The monoisotopic (exact) mass is 332 g/mol. The minimum atomic E-state index is -0.371. The smallest absolute Gasteiger partial charge is 0.308 e. The van der Waals surface area contributed by atoms with E-state index in [-0.39, 0.29) is 42.3 Å². The lowest BCUT2D eigenvalue weighted by atomic mass is 9.94. The molecule has 5 nitrogen and oxygen atoms in total. The normalized spacial score (nSPS) is 21.5. The van der Waals surface area contributed by atoms with E-state index in [0.717, 1.165) is 24.8 Å². The number of hydrogen-bond acceptors (Lipinski definition) is 4. The molecule has 1 saturated carbocycles. The fourth-order valence-corrected chi connectivity index (χ4v) is 3.36. The van der Waals surface area contributed by atoms with Crippen LogP contribution in [0.2, 0.25) is 0 Å². The first-order valence-corrected chi connectivity index (χ1v) is 8.76. The molecular weight excluding hydrogens is 304 g/mol. The summed E-state index contributed by atoms with van der Waals surface area (Å²) in [6, 6.07) is 9.19. The summed E-state index contributed by atoms with van der Waals surface area (Å²) in [4.78, 5) is 24.8. The minimum absolute atomic E-state index is 0.00542. The number of nitrogens with one attached hydrogen (secondary N) is 1. The summed E-state index contributed by atoms with van der Waals surface area (Å²) < 4.78 is 5.24. The van der Waals surface area contributed by atoms with Gasteiger partial charge in [-0.3, -0.25) is 9.59 Å². The summed E-state index contributed by atoms with van der Waals surface area (Å²) >= 11 is 0. The van der Waals surface area contributed by atoms with Crippen LogP contribution in [0.1, 0.15) is 51.1 Å². The third kappa shape index (κ3) is 5.06. The number of nitrogens with two attached hydrogens (primary N) is 1. The SMILES string of the molecule is CC(C)OC(=O)CC(NC(=O)[C@@H]1CCC[C@@H]1CN)c1ccccc1. The molecule has 132 valence electrons. The number of hydrogen-bond donors (Lipinski definition) is 2. The summed E-state index contributed by atoms with van der Waals surface area (Å²) in [5, 5.41) is 3.05. The molecule has 24 heavy (non-hydrogen) atoms. The molecule has 5 heteroatoms. The zero-order chi connectivity index (χ0) is 17.5. The maximum absolute atomic E-state index is 12.7. The van der Waals surface area contributed by atoms with E-state index in [2.05, 4.69) is 5.32 Å². The number of carbonyl (C=O) groups excluding carboxylic acids is 2. The quantitative estimate of drug-likeness (QED) is 0.752. The fourth-order valence-electron chi connectivity index (χ4n) is 3.36. The van der Waals surface area contributed by atoms with Crippen molar-refractivity contribution >= 4 is 11.9 Å². The standard InChI is InChI=1S/C19H28N2O3/c1-13(2)24-18(22)11-17(14-7-4-3-5-8-14)21-19(23)16-10-6-9-15(16)12-20/h3-5,7-8,13,15-17H,6,9-12,20H2,1-2H3,(H,21,23)/t15-,16-,17?/m1/s1. The average Bonchev–Trinajstić information content (AvgIpc) is 3.03. The number of rotatable bonds is 7. The highest BCUT2D eigenvalue weighted by molar-refractivity contribution is 5.81. The molecule has 0 aliphatic heterocycles. The number of benzene rings is 1. The van der Waals surface area contributed by atoms with Crippen molar-refractivity contribution < 1.29 is 14.3 Å². The molecule has 0 saturated heterocycles. The first-order chi connectivity index (χ1) is 11.5. The van der Waals surface area contributed by atoms with Crippen LogP contribution >= 0.6 is 0 Å². The van der Waals surface area contributed by atoms with Gasteiger partial charge in [-0.2, -0.15) is 0 Å². The Morgan fingerprint density at radius 3 is 2.58 bits per heavy atom. The number of carbonyl (C=O) groups is 2. The molecule has 0 aromatic heterocycles. The topological polar surface area (TPSA) is 81.4 Å². The Morgan fingerprint density at radius 1 is 1.25 bits per heavy atom. The van der Waals surface area contributed by atoms with E-state index in [9.17, 15) is 9.59 Å². The van der Waals surface area contributed by atoms with Gasteiger partial charge in [0.1, 0.15) is 0 Å². The lowest BCUT2D eigenvalue weighted by Crippen LogP contribution is -2.38. The zero-order valence-electron chi connectivity index (χ0n) is 14.5. The lowest BCUT2D eigenvalue weighted by molar-refractivity contribution is -0.148. The van der Waals surface area contributed by atoms with Crippen molar-refractivity contribution in [2.24, 2.45) is 17.6 Å². The van der Waals surface area contributed by atoms with Crippen molar-refractivity contribution in [3.63, 3.8) is 0 Å². The first kappa shape index (κ1) is 18.5. The Labute approximate surface area is 143 Å². The van der Waals surface area contributed by atoms with Crippen LogP contribution in [0.5, 0.6) is 0 Å². The maximum Gasteiger partial charge on any atom is 0.308 e. The lowest BCUT2D eigenvalue weighted by Gasteiger charge is -2.23. The minimum Gasteiger partial charge on any atom is -0.463 e. The van der Waals surface area contributed by atoms with Gasteiger partial charge in [-0.1, -0.05) is 36.8 Å². The first-order valence-electron chi connectivity index (χ1n) is 8.76. The Hall–Kier alpha value is -1.88. The predicted octanol–water partition coefficient (Wildman–Crippen LogP) is 2.56. The third-order valence-corrected chi connectivity index (χ3v) is 4.55. The molecule has 3 atom stereocenters. The second-order valence-corrected chi connectivity index (χ2v) is 6.75. The van der Waals surface area contributed by atoms with Crippen LogP contribution in [0.3, 0.4) is 0 Å². The van der Waals surface area contributed by atoms with E-state index in [1.54, 1.807) is 0 Å². The van der Waals surface area contributed by atoms with Gasteiger partial charge in [-0.05, 0) is 44.7 Å². The third-order valence-electron chi connectivity index (χ3n) is 4.55. The van der Waals surface area contributed by atoms with Crippen LogP contribution in [0.15, 0.2) is 30.3 Å². The number of amides is 1. The van der Waals surface area contributed by atoms with Gasteiger partial charge in [-0.25, -0.2) is 0 Å². The molecule has 0 bridgehead atoms. The molecule has 1 aromatic carbocycles.